The first-order valence-corrected chi connectivity index (χ1v) is 12.1. The van der Waals surface area contributed by atoms with Gasteiger partial charge in [-0.1, -0.05) is 55.5 Å². The minimum absolute atomic E-state index is 0.180. The van der Waals surface area contributed by atoms with Gasteiger partial charge in [-0.3, -0.25) is 4.48 Å². The minimum Gasteiger partial charge on any atom is -0.392 e. The maximum Gasteiger partial charge on any atom is 0.194 e. The van der Waals surface area contributed by atoms with Crippen LogP contribution in [0.25, 0.3) is 0 Å². The maximum absolute atomic E-state index is 12.1. The van der Waals surface area contributed by atoms with Crippen LogP contribution < -0.4 is 4.90 Å². The molecule has 10 atom stereocenters. The van der Waals surface area contributed by atoms with Gasteiger partial charge in [-0.05, 0) is 24.0 Å². The van der Waals surface area contributed by atoms with E-state index < -0.39 is 0 Å². The zero-order chi connectivity index (χ0) is 21.1. The number of aliphatic hydroxyl groups is 2. The molecule has 1 saturated carbocycles. The van der Waals surface area contributed by atoms with Crippen molar-refractivity contribution >= 4 is 5.69 Å². The van der Waals surface area contributed by atoms with Crippen molar-refractivity contribution in [2.75, 3.05) is 11.9 Å². The Morgan fingerprint density at radius 2 is 1.77 bits per heavy atom. The van der Waals surface area contributed by atoms with E-state index in [0.717, 1.165) is 30.3 Å². The fraction of sp³-hybridized carbons (Fsp3) is 0.556. The van der Waals surface area contributed by atoms with Gasteiger partial charge in [0.05, 0.1) is 23.6 Å². The van der Waals surface area contributed by atoms with Gasteiger partial charge in [-0.15, -0.1) is 0 Å². The van der Waals surface area contributed by atoms with Crippen LogP contribution in [0.15, 0.2) is 54.6 Å². The average molecular weight is 418 g/mol. The Labute approximate surface area is 184 Å². The summed E-state index contributed by atoms with van der Waals surface area (Å²) in [4.78, 5) is 2.47. The molecule has 0 amide bonds. The first-order valence-electron chi connectivity index (χ1n) is 12.1. The summed E-state index contributed by atoms with van der Waals surface area (Å²) >= 11 is 0. The third-order valence-electron chi connectivity index (χ3n) is 10.4. The zero-order valence-corrected chi connectivity index (χ0v) is 18.4. The van der Waals surface area contributed by atoms with Crippen molar-refractivity contribution in [3.05, 3.63) is 65.7 Å². The lowest BCUT2D eigenvalue weighted by molar-refractivity contribution is -1.05. The van der Waals surface area contributed by atoms with E-state index in [-0.39, 0.29) is 35.6 Å². The van der Waals surface area contributed by atoms with Crippen molar-refractivity contribution < 1.29 is 14.7 Å². The Hall–Kier alpha value is -1.88. The van der Waals surface area contributed by atoms with E-state index in [1.54, 1.807) is 0 Å². The number of fused-ring (bicyclic) bond motifs is 2. The summed E-state index contributed by atoms with van der Waals surface area (Å²) in [6.45, 7) is 3.11. The highest BCUT2D eigenvalue weighted by molar-refractivity contribution is 5.66. The van der Waals surface area contributed by atoms with Crippen molar-refractivity contribution in [3.8, 4) is 0 Å². The van der Waals surface area contributed by atoms with Crippen molar-refractivity contribution in [1.82, 2.24) is 0 Å². The summed E-state index contributed by atoms with van der Waals surface area (Å²) in [5, 5.41) is 24.1. The SMILES string of the molecule is CC[C@H]1[C@@H]2C[C@H]3[C@@H]4N(C)c5ccccc5[C@@]45C[C@@H]([C@@H]2[C@@H]5O)[N@+]3(Cc2ccccc2)[C@@H]1O. The molecule has 0 aromatic heterocycles. The van der Waals surface area contributed by atoms with E-state index in [4.69, 9.17) is 0 Å². The van der Waals surface area contributed by atoms with Gasteiger partial charge in [0.15, 0.2) is 6.23 Å². The molecule has 6 aliphatic rings. The predicted molar refractivity (Wildman–Crippen MR) is 120 cm³/mol. The van der Waals surface area contributed by atoms with Crippen LogP contribution >= 0.6 is 0 Å². The number of piperidine rings is 4. The summed E-state index contributed by atoms with van der Waals surface area (Å²) in [6.07, 6.45) is 2.47. The first kappa shape index (κ1) is 18.7. The second-order valence-electron chi connectivity index (χ2n) is 11.0. The Morgan fingerprint density at radius 1 is 1.03 bits per heavy atom. The van der Waals surface area contributed by atoms with Crippen LogP contribution in [0.3, 0.4) is 0 Å². The number of benzene rings is 2. The third kappa shape index (κ3) is 1.88. The third-order valence-corrected chi connectivity index (χ3v) is 10.4. The lowest BCUT2D eigenvalue weighted by atomic mass is 9.60. The zero-order valence-electron chi connectivity index (χ0n) is 18.4. The highest BCUT2D eigenvalue weighted by Crippen LogP contribution is 2.71. The van der Waals surface area contributed by atoms with Crippen LogP contribution in [-0.4, -0.2) is 52.2 Å². The summed E-state index contributed by atoms with van der Waals surface area (Å²) < 4.78 is 0.769. The van der Waals surface area contributed by atoms with Crippen LogP contribution in [0.1, 0.15) is 37.3 Å². The molecule has 5 fully saturated rings. The monoisotopic (exact) mass is 417 g/mol. The van der Waals surface area contributed by atoms with Crippen LogP contribution in [0, 0.1) is 17.8 Å². The second kappa shape index (κ2) is 5.92. The van der Waals surface area contributed by atoms with Crippen molar-refractivity contribution in [3.63, 3.8) is 0 Å². The lowest BCUT2D eigenvalue weighted by Crippen LogP contribution is -2.82. The fourth-order valence-corrected chi connectivity index (χ4v) is 9.60. The number of nitrogens with zero attached hydrogens (tertiary/aromatic N) is 2. The molecule has 0 radical (unpaired) electrons. The van der Waals surface area contributed by atoms with Crippen LogP contribution in [0.4, 0.5) is 5.69 Å². The Kier molecular flexibility index (Phi) is 3.56. The smallest absolute Gasteiger partial charge is 0.194 e. The summed E-state index contributed by atoms with van der Waals surface area (Å²) in [6, 6.07) is 20.5. The normalized spacial score (nSPS) is 48.2. The number of hydrogen-bond donors (Lipinski definition) is 2. The van der Waals surface area contributed by atoms with Gasteiger partial charge < -0.3 is 15.1 Å². The van der Waals surface area contributed by atoms with Gasteiger partial charge in [-0.25, -0.2) is 0 Å². The number of quaternary nitrogens is 1. The second-order valence-corrected chi connectivity index (χ2v) is 11.0. The highest BCUT2D eigenvalue weighted by atomic mass is 16.3. The van der Waals surface area contributed by atoms with Gasteiger partial charge in [0.2, 0.25) is 0 Å². The van der Waals surface area contributed by atoms with E-state index in [1.165, 1.54) is 16.8 Å². The molecule has 2 aromatic rings. The number of rotatable bonds is 3. The molecule has 2 N–H and O–H groups in total. The van der Waals surface area contributed by atoms with Crippen LogP contribution in [0.5, 0.6) is 0 Å². The summed E-state index contributed by atoms with van der Waals surface area (Å²) in [5.74, 6) is 1.01. The number of aliphatic hydroxyl groups excluding tert-OH is 2. The molecule has 0 unspecified atom stereocenters. The molecule has 5 bridgehead atoms. The topological polar surface area (TPSA) is 43.7 Å². The maximum atomic E-state index is 12.1. The largest absolute Gasteiger partial charge is 0.392 e. The van der Waals surface area contributed by atoms with Gasteiger partial charge in [0, 0.05) is 43.0 Å². The van der Waals surface area contributed by atoms with E-state index in [9.17, 15) is 10.2 Å². The van der Waals surface area contributed by atoms with Crippen molar-refractivity contribution in [2.45, 2.75) is 68.6 Å². The molecule has 4 heteroatoms. The standard InChI is InChI=1S/C27H33N2O2/c1-3-17-18-13-21-24-27(19-11-7-8-12-20(19)28(24)2)14-22(23(18)25(27)30)29(21,26(17)31)15-16-9-5-4-6-10-16/h4-12,17-18,21-26,30-31H,3,13-15H2,1-2H3/q+1/t17-,18-,21-,22-,23+,24-,25-,26+,27-,29+/m0/s1. The lowest BCUT2D eigenvalue weighted by Gasteiger charge is -2.68. The molecule has 4 nitrogen and oxygen atoms in total. The number of para-hydroxylation sites is 1. The van der Waals surface area contributed by atoms with E-state index in [0.29, 0.717) is 18.0 Å². The molecule has 5 heterocycles. The molecule has 2 aromatic carbocycles. The predicted octanol–water partition coefficient (Wildman–Crippen LogP) is 3.27. The number of hydrogen-bond acceptors (Lipinski definition) is 3. The summed E-state index contributed by atoms with van der Waals surface area (Å²) in [7, 11) is 2.23. The van der Waals surface area contributed by atoms with E-state index in [1.807, 2.05) is 0 Å². The molecule has 8 rings (SSSR count). The highest BCUT2D eigenvalue weighted by Gasteiger charge is 2.82. The molecule has 5 aliphatic heterocycles. The van der Waals surface area contributed by atoms with Crippen LogP contribution in [0.2, 0.25) is 0 Å². The van der Waals surface area contributed by atoms with Gasteiger partial charge >= 0.3 is 0 Å². The molecular weight excluding hydrogens is 384 g/mol. The Balaban J connectivity index is 1.47. The molecular formula is C27H33N2O2+. The number of anilines is 1. The molecule has 4 saturated heterocycles. The quantitative estimate of drug-likeness (QED) is 0.754. The van der Waals surface area contributed by atoms with Gasteiger partial charge in [-0.2, -0.15) is 0 Å². The Morgan fingerprint density at radius 3 is 2.55 bits per heavy atom. The van der Waals surface area contributed by atoms with Gasteiger partial charge in [0.25, 0.3) is 0 Å². The summed E-state index contributed by atoms with van der Waals surface area (Å²) in [5.41, 5.74) is 3.78. The number of likely N-dealkylation sites (N-methyl/N-ethyl adjacent to an activating group) is 1. The molecule has 1 spiro atoms. The van der Waals surface area contributed by atoms with E-state index in [2.05, 4.69) is 73.5 Å². The first-order chi connectivity index (χ1) is 15.1. The van der Waals surface area contributed by atoms with Crippen molar-refractivity contribution in [2.24, 2.45) is 17.8 Å². The van der Waals surface area contributed by atoms with Gasteiger partial charge in [0.1, 0.15) is 12.6 Å². The molecule has 31 heavy (non-hydrogen) atoms. The Bertz CT molecular complexity index is 1040. The van der Waals surface area contributed by atoms with Crippen LogP contribution in [-0.2, 0) is 12.0 Å². The average Bonchev–Trinajstić information content (AvgIpc) is 3.18. The van der Waals surface area contributed by atoms with Crippen molar-refractivity contribution in [1.29, 1.82) is 0 Å². The molecule has 1 aliphatic carbocycles. The molecule has 162 valence electrons. The fourth-order valence-electron chi connectivity index (χ4n) is 9.60. The minimum atomic E-state index is -0.337. The van der Waals surface area contributed by atoms with E-state index >= 15 is 0 Å².